The first-order valence-corrected chi connectivity index (χ1v) is 12.5. The summed E-state index contributed by atoms with van der Waals surface area (Å²) in [6.07, 6.45) is -8.18. The van der Waals surface area contributed by atoms with Gasteiger partial charge in [-0.2, -0.15) is 31.4 Å². The summed E-state index contributed by atoms with van der Waals surface area (Å²) < 4.78 is 95.2. The summed E-state index contributed by atoms with van der Waals surface area (Å²) in [4.78, 5) is 26.4. The Kier molecular flexibility index (Phi) is 6.95. The zero-order valence-electron chi connectivity index (χ0n) is 19.8. The second-order valence-corrected chi connectivity index (χ2v) is 10.1. The van der Waals surface area contributed by atoms with Crippen molar-refractivity contribution in [2.24, 2.45) is 0 Å². The summed E-state index contributed by atoms with van der Waals surface area (Å²) in [7, 11) is 0. The van der Waals surface area contributed by atoms with Crippen molar-refractivity contribution in [2.45, 2.75) is 37.5 Å². The van der Waals surface area contributed by atoms with Crippen LogP contribution in [0.1, 0.15) is 28.7 Å². The predicted octanol–water partition coefficient (Wildman–Crippen LogP) is 5.86. The molecule has 1 N–H and O–H groups in total. The molecule has 2 saturated heterocycles. The Morgan fingerprint density at radius 2 is 1.82 bits per heavy atom. The van der Waals surface area contributed by atoms with Gasteiger partial charge in [-0.15, -0.1) is 0 Å². The molecular weight excluding hydrogens is 553 g/mol. The fraction of sp³-hybridized carbons (Fsp3) is 0.320. The highest BCUT2D eigenvalue weighted by Crippen LogP contribution is 2.38. The van der Waals surface area contributed by atoms with E-state index in [1.165, 1.54) is 17.0 Å². The van der Waals surface area contributed by atoms with E-state index in [-0.39, 0.29) is 23.1 Å². The molecule has 2 atom stereocenters. The quantitative estimate of drug-likeness (QED) is 0.314. The van der Waals surface area contributed by atoms with Gasteiger partial charge in [0.25, 0.3) is 11.1 Å². The van der Waals surface area contributed by atoms with Crippen molar-refractivity contribution in [3.05, 3.63) is 69.8 Å². The molecule has 0 bridgehead atoms. The van der Waals surface area contributed by atoms with Gasteiger partial charge in [-0.3, -0.25) is 19.2 Å². The topological polar surface area (TPSA) is 67.2 Å². The van der Waals surface area contributed by atoms with Crippen LogP contribution in [0.4, 0.5) is 35.5 Å². The summed E-state index contributed by atoms with van der Waals surface area (Å²) in [6.45, 7) is 0.0852. The van der Waals surface area contributed by atoms with Crippen LogP contribution in [-0.2, 0) is 23.7 Å². The number of alkyl halides is 7. The Morgan fingerprint density at radius 3 is 2.51 bits per heavy atom. The first-order valence-electron chi connectivity index (χ1n) is 11.7. The minimum absolute atomic E-state index is 0.0447. The Morgan fingerprint density at radius 1 is 1.05 bits per heavy atom. The van der Waals surface area contributed by atoms with Gasteiger partial charge in [0.2, 0.25) is 0 Å². The molecule has 39 heavy (non-hydrogen) atoms. The van der Waals surface area contributed by atoms with Crippen molar-refractivity contribution in [2.75, 3.05) is 13.1 Å². The number of thioether (sulfide) groups is 1. The second kappa shape index (κ2) is 9.97. The number of fused-ring (bicyclic) bond motifs is 1. The number of nitrogens with zero attached hydrogens (tertiary/aromatic N) is 3. The van der Waals surface area contributed by atoms with E-state index in [0.717, 1.165) is 11.0 Å². The smallest absolute Gasteiger partial charge is 0.314 e. The van der Waals surface area contributed by atoms with Crippen LogP contribution >= 0.6 is 11.8 Å². The molecule has 206 valence electrons. The van der Waals surface area contributed by atoms with Crippen LogP contribution in [0.25, 0.3) is 17.0 Å². The Bertz CT molecular complexity index is 1480. The van der Waals surface area contributed by atoms with E-state index < -0.39 is 53.4 Å². The summed E-state index contributed by atoms with van der Waals surface area (Å²) >= 11 is 0.695. The number of imide groups is 1. The molecule has 0 saturated carbocycles. The Balaban J connectivity index is 1.40. The maximum Gasteiger partial charge on any atom is 0.416 e. The summed E-state index contributed by atoms with van der Waals surface area (Å²) in [5, 5.41) is 6.89. The standard InChI is InChI=1S/C25H19F7N4O2S/c26-18-11-33-6-5-20(18)36-22(37)21(39-23(36)38)8-13-1-4-19-15(7-13)10-34-35(19)12-14-2-3-16(24(27,28)29)9-17(14)25(30,31)32/h1-4,7-10,18,20,33H,5-6,11-12H2/b21-8-. The van der Waals surface area contributed by atoms with Crippen LogP contribution in [0, 0.1) is 0 Å². The maximum atomic E-state index is 14.3. The number of piperidine rings is 1. The van der Waals surface area contributed by atoms with Gasteiger partial charge < -0.3 is 5.32 Å². The van der Waals surface area contributed by atoms with Gasteiger partial charge in [-0.1, -0.05) is 12.1 Å². The van der Waals surface area contributed by atoms with Gasteiger partial charge >= 0.3 is 12.4 Å². The average molecular weight is 573 g/mol. The van der Waals surface area contributed by atoms with E-state index >= 15 is 0 Å². The lowest BCUT2D eigenvalue weighted by atomic mass is 10.0. The van der Waals surface area contributed by atoms with Crippen LogP contribution in [0.3, 0.4) is 0 Å². The van der Waals surface area contributed by atoms with Crippen molar-refractivity contribution in [1.29, 1.82) is 0 Å². The molecule has 1 aromatic heterocycles. The molecule has 2 aromatic carbocycles. The van der Waals surface area contributed by atoms with Crippen LogP contribution in [0.2, 0.25) is 0 Å². The van der Waals surface area contributed by atoms with Gasteiger partial charge in [-0.05, 0) is 66.2 Å². The molecule has 3 aromatic rings. The number of aromatic nitrogens is 2. The van der Waals surface area contributed by atoms with E-state index in [0.29, 0.717) is 47.3 Å². The molecule has 3 heterocycles. The minimum Gasteiger partial charge on any atom is -0.314 e. The molecule has 0 spiro atoms. The molecule has 2 aliphatic rings. The summed E-state index contributed by atoms with van der Waals surface area (Å²) in [5.41, 5.74) is -2.29. The lowest BCUT2D eigenvalue weighted by Crippen LogP contribution is -2.52. The van der Waals surface area contributed by atoms with Crippen LogP contribution < -0.4 is 5.32 Å². The number of halogens is 7. The van der Waals surface area contributed by atoms with Crippen LogP contribution in [0.5, 0.6) is 0 Å². The summed E-state index contributed by atoms with van der Waals surface area (Å²) in [6, 6.07) is 5.32. The van der Waals surface area contributed by atoms with E-state index in [9.17, 15) is 40.3 Å². The molecule has 2 amide bonds. The van der Waals surface area contributed by atoms with E-state index in [4.69, 9.17) is 0 Å². The van der Waals surface area contributed by atoms with Crippen molar-refractivity contribution >= 4 is 39.9 Å². The van der Waals surface area contributed by atoms with Gasteiger partial charge in [0.1, 0.15) is 6.17 Å². The minimum atomic E-state index is -5.01. The number of rotatable bonds is 4. The van der Waals surface area contributed by atoms with Crippen LogP contribution in [-0.4, -0.2) is 51.1 Å². The van der Waals surface area contributed by atoms with E-state index in [1.807, 2.05) is 0 Å². The first kappa shape index (κ1) is 27.2. The summed E-state index contributed by atoms with van der Waals surface area (Å²) in [5.74, 6) is -0.600. The highest BCUT2D eigenvalue weighted by Gasteiger charge is 2.44. The van der Waals surface area contributed by atoms with Crippen molar-refractivity contribution in [3.8, 4) is 0 Å². The molecule has 6 nitrogen and oxygen atoms in total. The third-order valence-electron chi connectivity index (χ3n) is 6.56. The zero-order valence-corrected chi connectivity index (χ0v) is 20.6. The zero-order chi connectivity index (χ0) is 28.1. The Hall–Kier alpha value is -3.39. The highest BCUT2D eigenvalue weighted by atomic mass is 32.2. The van der Waals surface area contributed by atoms with Gasteiger partial charge in [0.05, 0.1) is 40.3 Å². The second-order valence-electron chi connectivity index (χ2n) is 9.12. The molecule has 14 heteroatoms. The molecular formula is C25H19F7N4O2S. The lowest BCUT2D eigenvalue weighted by Gasteiger charge is -2.32. The lowest BCUT2D eigenvalue weighted by molar-refractivity contribution is -0.143. The number of nitrogens with one attached hydrogen (secondary N) is 1. The molecule has 5 rings (SSSR count). The third-order valence-corrected chi connectivity index (χ3v) is 7.44. The molecule has 0 aliphatic carbocycles. The van der Waals surface area contributed by atoms with E-state index in [1.54, 1.807) is 18.2 Å². The fourth-order valence-corrected chi connectivity index (χ4v) is 5.54. The van der Waals surface area contributed by atoms with Crippen molar-refractivity contribution in [1.82, 2.24) is 20.0 Å². The number of carbonyl (C=O) groups excluding carboxylic acids is 2. The maximum absolute atomic E-state index is 14.3. The number of hydrogen-bond acceptors (Lipinski definition) is 5. The Labute approximate surface area is 220 Å². The third kappa shape index (κ3) is 5.39. The first-order chi connectivity index (χ1) is 18.3. The number of benzene rings is 2. The van der Waals surface area contributed by atoms with E-state index in [2.05, 4.69) is 10.4 Å². The predicted molar refractivity (Wildman–Crippen MR) is 129 cm³/mol. The van der Waals surface area contributed by atoms with Gasteiger partial charge in [0.15, 0.2) is 0 Å². The largest absolute Gasteiger partial charge is 0.416 e. The van der Waals surface area contributed by atoms with Crippen molar-refractivity contribution in [3.63, 3.8) is 0 Å². The normalized spacial score (nSPS) is 21.9. The highest BCUT2D eigenvalue weighted by molar-refractivity contribution is 8.18. The number of carbonyl (C=O) groups is 2. The molecule has 2 unspecified atom stereocenters. The average Bonchev–Trinajstić information content (AvgIpc) is 3.37. The fourth-order valence-electron chi connectivity index (χ4n) is 4.65. The van der Waals surface area contributed by atoms with Gasteiger partial charge in [0, 0.05) is 11.9 Å². The van der Waals surface area contributed by atoms with Gasteiger partial charge in [-0.25, -0.2) is 4.39 Å². The number of hydrogen-bond donors (Lipinski definition) is 1. The molecule has 2 aliphatic heterocycles. The SMILES string of the molecule is O=C1S/C(=C\c2ccc3c(cnn3Cc3ccc(C(F)(F)F)cc3C(F)(F)F)c2)C(=O)N1C1CCNCC1F. The molecule has 0 radical (unpaired) electrons. The monoisotopic (exact) mass is 572 g/mol. The number of amides is 2. The molecule has 2 fully saturated rings. The van der Waals surface area contributed by atoms with Crippen molar-refractivity contribution < 1.29 is 40.3 Å². The van der Waals surface area contributed by atoms with Crippen LogP contribution in [0.15, 0.2) is 47.5 Å².